The smallest absolute Gasteiger partial charge is 0.408 e. The number of fused-ring (bicyclic) bond motifs is 1. The van der Waals surface area contributed by atoms with Crippen LogP contribution in [0, 0.1) is 11.8 Å². The highest BCUT2D eigenvalue weighted by Crippen LogP contribution is 2.48. The molecule has 0 fully saturated rings. The quantitative estimate of drug-likeness (QED) is 0.0518. The number of rotatable bonds is 22. The number of nitrogens with two attached hydrogens (primary N) is 1. The van der Waals surface area contributed by atoms with Gasteiger partial charge in [0, 0.05) is 13.0 Å². The van der Waals surface area contributed by atoms with Crippen LogP contribution in [0.1, 0.15) is 85.3 Å². The minimum atomic E-state index is -3.88. The topological polar surface area (TPSA) is 205 Å². The molecule has 0 saturated carbocycles. The predicted octanol–water partition coefficient (Wildman–Crippen LogP) is 6.03. The van der Waals surface area contributed by atoms with Gasteiger partial charge < -0.3 is 43.6 Å². The van der Waals surface area contributed by atoms with E-state index in [1.165, 1.54) is 11.9 Å². The number of ether oxygens (including phenoxy) is 4. The van der Waals surface area contributed by atoms with Gasteiger partial charge in [-0.1, -0.05) is 52.0 Å². The third-order valence-electron chi connectivity index (χ3n) is 7.75. The molecule has 3 rings (SSSR count). The molecule has 3 atom stereocenters. The van der Waals surface area contributed by atoms with E-state index in [0.29, 0.717) is 30.0 Å². The van der Waals surface area contributed by atoms with Gasteiger partial charge in [0.2, 0.25) is 0 Å². The minimum absolute atomic E-state index is 0.0725. The van der Waals surface area contributed by atoms with Gasteiger partial charge in [0.25, 0.3) is 0 Å². The minimum Gasteiger partial charge on any atom is -0.464 e. The van der Waals surface area contributed by atoms with Gasteiger partial charge in [0.05, 0.1) is 38.7 Å². The van der Waals surface area contributed by atoms with Crippen LogP contribution in [-0.2, 0) is 55.1 Å². The van der Waals surface area contributed by atoms with E-state index in [9.17, 15) is 18.9 Å². The molecule has 2 aromatic heterocycles. The summed E-state index contributed by atoms with van der Waals surface area (Å²) in [7, 11) is -3.88. The Bertz CT molecular complexity index is 1690. The van der Waals surface area contributed by atoms with Crippen molar-refractivity contribution in [3.05, 3.63) is 48.0 Å². The number of anilines is 1. The molecule has 1 aromatic carbocycles. The van der Waals surface area contributed by atoms with E-state index in [0.717, 1.165) is 12.0 Å². The summed E-state index contributed by atoms with van der Waals surface area (Å²) in [5, 5.41) is 2.58. The number of nitrogens with one attached hydrogen (secondary N) is 1. The van der Waals surface area contributed by atoms with E-state index in [1.54, 1.807) is 38.6 Å². The van der Waals surface area contributed by atoms with Crippen molar-refractivity contribution in [3.8, 4) is 0 Å². The van der Waals surface area contributed by atoms with Crippen molar-refractivity contribution in [2.45, 2.75) is 98.8 Å². The highest BCUT2D eigenvalue weighted by atomic mass is 31.2. The van der Waals surface area contributed by atoms with Crippen LogP contribution >= 0.6 is 7.60 Å². The Hall–Kier alpha value is -4.11. The van der Waals surface area contributed by atoms with Gasteiger partial charge in [0.1, 0.15) is 36.4 Å². The van der Waals surface area contributed by atoms with Crippen molar-refractivity contribution in [2.75, 3.05) is 45.1 Å². The fraction of sp³-hybridized carbons (Fsp3) is 0.622. The van der Waals surface area contributed by atoms with Crippen molar-refractivity contribution in [1.29, 1.82) is 0 Å². The molecular formula is C37H57N6O10P. The molecule has 2 unspecified atom stereocenters. The molecular weight excluding hydrogens is 719 g/mol. The lowest BCUT2D eigenvalue weighted by atomic mass is 9.97. The van der Waals surface area contributed by atoms with Crippen LogP contribution in [-0.4, -0.2) is 88.6 Å². The number of hydrogen-bond donors (Lipinski definition) is 2. The lowest BCUT2D eigenvalue weighted by Gasteiger charge is -2.23. The number of alkyl carbamates (subject to hydrolysis) is 1. The maximum absolute atomic E-state index is 13.8. The third kappa shape index (κ3) is 15.3. The zero-order chi connectivity index (χ0) is 39.9. The highest BCUT2D eigenvalue weighted by Gasteiger charge is 2.28. The molecule has 0 aliphatic rings. The molecule has 0 bridgehead atoms. The molecule has 0 aliphatic carbocycles. The SMILES string of the molecule is CC(C)Cc1ccc(C(C)C(=O)OCCOP(=O)(COCCn2cnc3c(N)ncnc32)OCCCOC(=O)[C@@H](CC(C)C)NC(=O)OC(C)(C)C)cc1. The van der Waals surface area contributed by atoms with E-state index in [2.05, 4.69) is 34.1 Å². The van der Waals surface area contributed by atoms with Crippen LogP contribution < -0.4 is 11.1 Å². The van der Waals surface area contributed by atoms with Crippen molar-refractivity contribution in [1.82, 2.24) is 24.8 Å². The number of nitrogen functional groups attached to an aromatic ring is 1. The predicted molar refractivity (Wildman–Crippen MR) is 203 cm³/mol. The maximum atomic E-state index is 13.8. The molecule has 16 nitrogen and oxygen atoms in total. The summed E-state index contributed by atoms with van der Waals surface area (Å²) >= 11 is 0. The summed E-state index contributed by atoms with van der Waals surface area (Å²) in [6, 6.07) is 6.97. The van der Waals surface area contributed by atoms with Crippen molar-refractivity contribution in [3.63, 3.8) is 0 Å². The van der Waals surface area contributed by atoms with Crippen LogP contribution in [0.5, 0.6) is 0 Å². The second kappa shape index (κ2) is 21.1. The number of carbonyl (C=O) groups excluding carboxylic acids is 3. The van der Waals surface area contributed by atoms with E-state index < -0.39 is 49.5 Å². The van der Waals surface area contributed by atoms with Crippen molar-refractivity contribution in [2.24, 2.45) is 11.8 Å². The number of aromatic nitrogens is 4. The van der Waals surface area contributed by atoms with Crippen molar-refractivity contribution >= 4 is 42.6 Å². The van der Waals surface area contributed by atoms with Crippen LogP contribution in [0.15, 0.2) is 36.9 Å². The fourth-order valence-electron chi connectivity index (χ4n) is 5.18. The summed E-state index contributed by atoms with van der Waals surface area (Å²) in [5.74, 6) is -0.717. The zero-order valence-corrected chi connectivity index (χ0v) is 33.6. The number of benzene rings is 1. The molecule has 3 aromatic rings. The Morgan fingerprint density at radius 3 is 2.22 bits per heavy atom. The first-order chi connectivity index (χ1) is 25.5. The largest absolute Gasteiger partial charge is 0.464 e. The number of nitrogens with zero attached hydrogens (tertiary/aromatic N) is 4. The average molecular weight is 777 g/mol. The summed E-state index contributed by atoms with van der Waals surface area (Å²) in [6.07, 6.45) is 3.23. The second-order valence-electron chi connectivity index (χ2n) is 14.8. The van der Waals surface area contributed by atoms with E-state index in [4.69, 9.17) is 33.7 Å². The normalized spacial score (nSPS) is 14.1. The molecule has 0 aliphatic heterocycles. The van der Waals surface area contributed by atoms with Gasteiger partial charge in [-0.3, -0.25) is 9.36 Å². The Morgan fingerprint density at radius 1 is 0.870 bits per heavy atom. The standard InChI is InChI=1S/C37H57N6O10P/c1-25(2)20-28-10-12-29(13-11-28)27(5)34(44)50-18-19-52-54(47,24-48-17-14-43-23-41-31-32(38)39-22-40-33(31)43)51-16-9-15-49-35(45)30(21-26(3)4)42-36(46)53-37(6,7)8/h10-13,22-23,25-27,30H,9,14-21,24H2,1-8H3,(H,42,46)(H2,38,39,40)/t27?,30-,54?/m1/s1. The van der Waals surface area contributed by atoms with Crippen LogP contribution in [0.25, 0.3) is 11.2 Å². The molecule has 54 heavy (non-hydrogen) atoms. The third-order valence-corrected chi connectivity index (χ3v) is 9.40. The summed E-state index contributed by atoms with van der Waals surface area (Å²) < 4.78 is 48.6. The molecule has 0 saturated heterocycles. The molecule has 300 valence electrons. The van der Waals surface area contributed by atoms with Gasteiger partial charge in [-0.25, -0.2) is 24.5 Å². The number of imidazole rings is 1. The van der Waals surface area contributed by atoms with E-state index in [1.807, 2.05) is 38.1 Å². The van der Waals surface area contributed by atoms with Crippen molar-refractivity contribution < 1.29 is 46.9 Å². The van der Waals surface area contributed by atoms with Gasteiger partial charge in [-0.05, 0) is 63.5 Å². The molecule has 1 amide bonds. The Morgan fingerprint density at radius 2 is 1.56 bits per heavy atom. The highest BCUT2D eigenvalue weighted by molar-refractivity contribution is 7.53. The van der Waals surface area contributed by atoms with Crippen LogP contribution in [0.4, 0.5) is 10.6 Å². The maximum Gasteiger partial charge on any atom is 0.408 e. The second-order valence-corrected chi connectivity index (χ2v) is 16.8. The lowest BCUT2D eigenvalue weighted by Crippen LogP contribution is -2.45. The number of carbonyl (C=O) groups is 3. The Labute approximate surface area is 317 Å². The number of esters is 2. The molecule has 0 spiro atoms. The summed E-state index contributed by atoms with van der Waals surface area (Å²) in [5.41, 5.74) is 8.14. The van der Waals surface area contributed by atoms with E-state index >= 15 is 0 Å². The molecule has 2 heterocycles. The molecule has 3 N–H and O–H groups in total. The first-order valence-electron chi connectivity index (χ1n) is 18.2. The first kappa shape index (κ1) is 44.3. The fourth-order valence-corrected chi connectivity index (χ4v) is 6.51. The average Bonchev–Trinajstić information content (AvgIpc) is 3.51. The van der Waals surface area contributed by atoms with Crippen LogP contribution in [0.2, 0.25) is 0 Å². The Kier molecular flexibility index (Phi) is 17.3. The number of hydrogen-bond acceptors (Lipinski definition) is 14. The summed E-state index contributed by atoms with van der Waals surface area (Å²) in [4.78, 5) is 50.3. The lowest BCUT2D eigenvalue weighted by molar-refractivity contribution is -0.147. The van der Waals surface area contributed by atoms with E-state index in [-0.39, 0.29) is 51.2 Å². The van der Waals surface area contributed by atoms with Crippen LogP contribution in [0.3, 0.4) is 0 Å². The summed E-state index contributed by atoms with van der Waals surface area (Å²) in [6.45, 7) is 14.9. The van der Waals surface area contributed by atoms with Gasteiger partial charge in [0.15, 0.2) is 11.5 Å². The van der Waals surface area contributed by atoms with Gasteiger partial charge in [-0.15, -0.1) is 0 Å². The number of amides is 1. The monoisotopic (exact) mass is 776 g/mol. The van der Waals surface area contributed by atoms with Gasteiger partial charge >= 0.3 is 25.6 Å². The zero-order valence-electron chi connectivity index (χ0n) is 32.7. The molecule has 0 radical (unpaired) electrons. The molecule has 17 heteroatoms. The van der Waals surface area contributed by atoms with Gasteiger partial charge in [-0.2, -0.15) is 0 Å². The first-order valence-corrected chi connectivity index (χ1v) is 20.0. The Balaban J connectivity index is 1.53.